The van der Waals surface area contributed by atoms with E-state index in [-0.39, 0.29) is 17.9 Å². The Morgan fingerprint density at radius 2 is 2.14 bits per heavy atom. The Kier molecular flexibility index (Phi) is 5.26. The summed E-state index contributed by atoms with van der Waals surface area (Å²) in [7, 11) is 0. The van der Waals surface area contributed by atoms with Crippen LogP contribution in [0.2, 0.25) is 0 Å². The van der Waals surface area contributed by atoms with Crippen molar-refractivity contribution in [3.05, 3.63) is 18.6 Å². The lowest BCUT2D eigenvalue weighted by Gasteiger charge is -2.31. The smallest absolute Gasteiger partial charge is 0.320 e. The van der Waals surface area contributed by atoms with Crippen molar-refractivity contribution in [3.8, 4) is 0 Å². The maximum Gasteiger partial charge on any atom is 0.341 e. The van der Waals surface area contributed by atoms with Crippen LogP contribution in [0.25, 0.3) is 0 Å². The van der Waals surface area contributed by atoms with Crippen LogP contribution in [0.3, 0.4) is 0 Å². The molecule has 8 nitrogen and oxygen atoms in total. The molecule has 0 saturated carbocycles. The second-order valence-electron chi connectivity index (χ2n) is 5.37. The average Bonchev–Trinajstić information content (AvgIpc) is 3.03. The van der Waals surface area contributed by atoms with Gasteiger partial charge >= 0.3 is 6.03 Å². The molecule has 2 heterocycles. The number of carbonyl (C=O) groups excluding carboxylic acids is 2. The summed E-state index contributed by atoms with van der Waals surface area (Å²) in [5, 5.41) is 5.49. The van der Waals surface area contributed by atoms with Gasteiger partial charge in [0.25, 0.3) is 5.91 Å². The molecule has 120 valence electrons. The number of aromatic nitrogens is 2. The van der Waals surface area contributed by atoms with E-state index in [4.69, 9.17) is 5.73 Å². The predicted octanol–water partition coefficient (Wildman–Crippen LogP) is 0.831. The fraction of sp³-hybridized carbons (Fsp3) is 0.571. The van der Waals surface area contributed by atoms with E-state index in [1.165, 1.54) is 22.5 Å². The van der Waals surface area contributed by atoms with Crippen molar-refractivity contribution in [2.24, 2.45) is 11.7 Å². The third-order valence-electron chi connectivity index (χ3n) is 3.88. The van der Waals surface area contributed by atoms with E-state index in [0.717, 1.165) is 12.8 Å². The van der Waals surface area contributed by atoms with Crippen LogP contribution >= 0.6 is 0 Å². The highest BCUT2D eigenvalue weighted by atomic mass is 16.2. The largest absolute Gasteiger partial charge is 0.341 e. The van der Waals surface area contributed by atoms with Gasteiger partial charge in [0.05, 0.1) is 6.04 Å². The molecule has 0 bridgehead atoms. The van der Waals surface area contributed by atoms with E-state index in [0.29, 0.717) is 18.9 Å². The molecule has 3 amide bonds. The van der Waals surface area contributed by atoms with E-state index in [9.17, 15) is 9.59 Å². The van der Waals surface area contributed by atoms with Crippen LogP contribution in [-0.4, -0.2) is 51.1 Å². The molecule has 1 aromatic heterocycles. The van der Waals surface area contributed by atoms with E-state index in [2.05, 4.69) is 15.3 Å². The van der Waals surface area contributed by atoms with Crippen molar-refractivity contribution < 1.29 is 9.59 Å². The van der Waals surface area contributed by atoms with E-state index in [1.807, 2.05) is 13.8 Å². The molecule has 1 fully saturated rings. The van der Waals surface area contributed by atoms with E-state index >= 15 is 0 Å². The van der Waals surface area contributed by atoms with Gasteiger partial charge < -0.3 is 5.73 Å². The van der Waals surface area contributed by atoms with Gasteiger partial charge in [-0.15, -0.1) is 0 Å². The van der Waals surface area contributed by atoms with Gasteiger partial charge in [-0.2, -0.15) is 0 Å². The van der Waals surface area contributed by atoms with Crippen molar-refractivity contribution in [2.45, 2.75) is 32.7 Å². The second-order valence-corrected chi connectivity index (χ2v) is 5.37. The quantitative estimate of drug-likeness (QED) is 0.857. The monoisotopic (exact) mass is 306 g/mol. The molecule has 2 rings (SSSR count). The molecule has 2 atom stereocenters. The number of amides is 3. The minimum Gasteiger partial charge on any atom is -0.320 e. The van der Waals surface area contributed by atoms with E-state index in [1.54, 1.807) is 6.07 Å². The maximum absolute atomic E-state index is 12.5. The first-order chi connectivity index (χ1) is 10.5. The zero-order chi connectivity index (χ0) is 16.1. The third-order valence-corrected chi connectivity index (χ3v) is 3.88. The minimum absolute atomic E-state index is 0.0693. The molecule has 1 aliphatic rings. The van der Waals surface area contributed by atoms with Gasteiger partial charge in [-0.1, -0.05) is 20.3 Å². The first-order valence-electron chi connectivity index (χ1n) is 7.46. The second kappa shape index (κ2) is 7.17. The number of rotatable bonds is 4. The first kappa shape index (κ1) is 16.2. The standard InChI is InChI=1S/C14H22N6O2/c1-3-10(2)12(15)13(21)19-7-4-8-20(19)14(22)18-11-5-6-16-9-17-11/h5-6,9-10,12H,3-4,7-8,15H2,1-2H3,(H,16,17,18,22). The molecular formula is C14H22N6O2. The van der Waals surface area contributed by atoms with Gasteiger partial charge in [-0.05, 0) is 18.4 Å². The highest BCUT2D eigenvalue weighted by molar-refractivity contribution is 5.91. The van der Waals surface area contributed by atoms with Gasteiger partial charge in [-0.25, -0.2) is 24.8 Å². The van der Waals surface area contributed by atoms with Gasteiger partial charge in [-0.3, -0.25) is 10.1 Å². The summed E-state index contributed by atoms with van der Waals surface area (Å²) in [6.45, 7) is 4.90. The molecule has 1 aliphatic heterocycles. The minimum atomic E-state index is -0.600. The molecule has 8 heteroatoms. The lowest BCUT2D eigenvalue weighted by Crippen LogP contribution is -2.53. The Bertz CT molecular complexity index is 523. The highest BCUT2D eigenvalue weighted by Gasteiger charge is 2.34. The molecule has 0 aromatic carbocycles. The summed E-state index contributed by atoms with van der Waals surface area (Å²) in [6, 6.07) is 0.601. The number of nitrogens with two attached hydrogens (primary N) is 1. The van der Waals surface area contributed by atoms with Crippen molar-refractivity contribution in [1.82, 2.24) is 20.0 Å². The molecule has 0 radical (unpaired) electrons. The lowest BCUT2D eigenvalue weighted by atomic mass is 9.99. The van der Waals surface area contributed by atoms with Gasteiger partial charge in [0.1, 0.15) is 12.1 Å². The first-order valence-corrected chi connectivity index (χ1v) is 7.46. The zero-order valence-electron chi connectivity index (χ0n) is 12.9. The zero-order valence-corrected chi connectivity index (χ0v) is 12.9. The van der Waals surface area contributed by atoms with Crippen LogP contribution in [0, 0.1) is 5.92 Å². The molecular weight excluding hydrogens is 284 g/mol. The lowest BCUT2D eigenvalue weighted by molar-refractivity contribution is -0.142. The molecule has 2 unspecified atom stereocenters. The van der Waals surface area contributed by atoms with Crippen LogP contribution in [0.1, 0.15) is 26.7 Å². The number of hydrogen-bond donors (Lipinski definition) is 2. The molecule has 22 heavy (non-hydrogen) atoms. The van der Waals surface area contributed by atoms with Gasteiger partial charge in [0.15, 0.2) is 0 Å². The summed E-state index contributed by atoms with van der Waals surface area (Å²) in [6.07, 6.45) is 4.43. The average molecular weight is 306 g/mol. The Balaban J connectivity index is 2.03. The van der Waals surface area contributed by atoms with Crippen LogP contribution < -0.4 is 11.1 Å². The Hall–Kier alpha value is -2.22. The summed E-state index contributed by atoms with van der Waals surface area (Å²) in [5.41, 5.74) is 6.00. The normalized spacial score (nSPS) is 17.2. The number of carbonyl (C=O) groups is 2. The molecule has 0 spiro atoms. The summed E-state index contributed by atoms with van der Waals surface area (Å²) in [4.78, 5) is 32.5. The van der Waals surface area contributed by atoms with Crippen molar-refractivity contribution in [2.75, 3.05) is 18.4 Å². The number of nitrogens with one attached hydrogen (secondary N) is 1. The Morgan fingerprint density at radius 1 is 1.41 bits per heavy atom. The summed E-state index contributed by atoms with van der Waals surface area (Å²) < 4.78 is 0. The predicted molar refractivity (Wildman–Crippen MR) is 81.5 cm³/mol. The third kappa shape index (κ3) is 3.51. The van der Waals surface area contributed by atoms with Crippen LogP contribution in [0.15, 0.2) is 18.6 Å². The van der Waals surface area contributed by atoms with Crippen LogP contribution in [0.5, 0.6) is 0 Å². The molecule has 0 aliphatic carbocycles. The Morgan fingerprint density at radius 3 is 2.77 bits per heavy atom. The Labute approximate surface area is 129 Å². The molecule has 1 aromatic rings. The van der Waals surface area contributed by atoms with Gasteiger partial charge in [0, 0.05) is 19.3 Å². The fourth-order valence-electron chi connectivity index (χ4n) is 2.26. The van der Waals surface area contributed by atoms with Crippen LogP contribution in [0.4, 0.5) is 10.6 Å². The topological polar surface area (TPSA) is 104 Å². The fourth-order valence-corrected chi connectivity index (χ4v) is 2.26. The molecule has 1 saturated heterocycles. The van der Waals surface area contributed by atoms with Crippen molar-refractivity contribution in [3.63, 3.8) is 0 Å². The molecule has 3 N–H and O–H groups in total. The van der Waals surface area contributed by atoms with E-state index < -0.39 is 6.04 Å². The summed E-state index contributed by atoms with van der Waals surface area (Å²) >= 11 is 0. The maximum atomic E-state index is 12.5. The van der Waals surface area contributed by atoms with Crippen molar-refractivity contribution >= 4 is 17.8 Å². The number of hydrogen-bond acceptors (Lipinski definition) is 5. The summed E-state index contributed by atoms with van der Waals surface area (Å²) in [5.74, 6) is 0.245. The van der Waals surface area contributed by atoms with Crippen LogP contribution in [-0.2, 0) is 4.79 Å². The number of urea groups is 1. The number of anilines is 1. The van der Waals surface area contributed by atoms with Crippen molar-refractivity contribution in [1.29, 1.82) is 0 Å². The SMILES string of the molecule is CCC(C)C(N)C(=O)N1CCCN1C(=O)Nc1ccncn1. The number of nitrogens with zero attached hydrogens (tertiary/aromatic N) is 4. The van der Waals surface area contributed by atoms with Gasteiger partial charge in [0.2, 0.25) is 0 Å². The number of hydrazine groups is 1. The highest BCUT2D eigenvalue weighted by Crippen LogP contribution is 2.17.